The summed E-state index contributed by atoms with van der Waals surface area (Å²) >= 11 is 0. The molecule has 3 nitrogen and oxygen atoms in total. The van der Waals surface area contributed by atoms with Crippen LogP contribution >= 0.6 is 0 Å². The van der Waals surface area contributed by atoms with Crippen LogP contribution in [0.25, 0.3) is 10.9 Å². The summed E-state index contributed by atoms with van der Waals surface area (Å²) in [7, 11) is 0. The molecule has 1 atom stereocenters. The molecule has 1 N–H and O–H groups in total. The van der Waals surface area contributed by atoms with Gasteiger partial charge in [0.15, 0.2) is 0 Å². The number of rotatable bonds is 3. The van der Waals surface area contributed by atoms with Crippen LogP contribution in [0.2, 0.25) is 0 Å². The van der Waals surface area contributed by atoms with Crippen LogP contribution in [0, 0.1) is 5.92 Å². The lowest BCUT2D eigenvalue weighted by atomic mass is 9.89. The Morgan fingerprint density at radius 3 is 2.65 bits per heavy atom. The molecule has 2 rings (SSSR count). The first-order valence-electron chi connectivity index (χ1n) is 5.67. The van der Waals surface area contributed by atoms with Crippen molar-refractivity contribution in [3.8, 4) is 0 Å². The van der Waals surface area contributed by atoms with Crippen molar-refractivity contribution >= 4 is 16.9 Å². The summed E-state index contributed by atoms with van der Waals surface area (Å²) in [6.45, 7) is 3.82. The molecular formula is C14H15NO2. The maximum Gasteiger partial charge on any atom is 0.311 e. The number of benzene rings is 1. The van der Waals surface area contributed by atoms with Gasteiger partial charge in [0.05, 0.1) is 11.4 Å². The largest absolute Gasteiger partial charge is 0.481 e. The number of para-hydroxylation sites is 1. The van der Waals surface area contributed by atoms with Gasteiger partial charge >= 0.3 is 5.97 Å². The fraction of sp³-hybridized carbons (Fsp3) is 0.286. The van der Waals surface area contributed by atoms with Crippen molar-refractivity contribution < 1.29 is 9.90 Å². The van der Waals surface area contributed by atoms with Gasteiger partial charge in [-0.25, -0.2) is 0 Å². The normalized spacial score (nSPS) is 12.9. The summed E-state index contributed by atoms with van der Waals surface area (Å²) in [6.07, 6.45) is 1.67. The highest BCUT2D eigenvalue weighted by molar-refractivity contribution is 5.82. The van der Waals surface area contributed by atoms with Crippen LogP contribution in [0.1, 0.15) is 25.3 Å². The number of nitrogens with zero attached hydrogens (tertiary/aromatic N) is 1. The van der Waals surface area contributed by atoms with Crippen LogP contribution in [-0.4, -0.2) is 16.1 Å². The minimum absolute atomic E-state index is 0.0514. The molecule has 3 heteroatoms. The van der Waals surface area contributed by atoms with E-state index >= 15 is 0 Å². The molecule has 0 aliphatic rings. The Hall–Kier alpha value is -1.90. The molecule has 1 heterocycles. The first-order chi connectivity index (χ1) is 8.09. The van der Waals surface area contributed by atoms with Crippen molar-refractivity contribution in [2.75, 3.05) is 0 Å². The zero-order valence-corrected chi connectivity index (χ0v) is 9.92. The molecule has 0 aliphatic carbocycles. The van der Waals surface area contributed by atoms with Crippen molar-refractivity contribution in [1.29, 1.82) is 0 Å². The van der Waals surface area contributed by atoms with E-state index in [0.717, 1.165) is 16.5 Å². The lowest BCUT2D eigenvalue weighted by Crippen LogP contribution is -2.17. The standard InChI is InChI=1S/C14H15NO2/c1-9(2)13(14(16)17)11-7-10-5-3-4-6-12(10)15-8-11/h3-9,13H,1-2H3,(H,16,17). The number of carbonyl (C=O) groups is 1. The molecule has 2 aromatic rings. The van der Waals surface area contributed by atoms with Crippen LogP contribution in [0.3, 0.4) is 0 Å². The topological polar surface area (TPSA) is 50.2 Å². The third-order valence-corrected chi connectivity index (χ3v) is 2.90. The zero-order valence-electron chi connectivity index (χ0n) is 9.92. The van der Waals surface area contributed by atoms with Gasteiger partial charge in [0.25, 0.3) is 0 Å². The van der Waals surface area contributed by atoms with Crippen LogP contribution in [0.15, 0.2) is 36.5 Å². The Morgan fingerprint density at radius 1 is 1.29 bits per heavy atom. The maximum absolute atomic E-state index is 11.2. The molecule has 1 aromatic heterocycles. The van der Waals surface area contributed by atoms with Crippen molar-refractivity contribution in [1.82, 2.24) is 4.98 Å². The number of carboxylic acids is 1. The van der Waals surface area contributed by atoms with E-state index in [9.17, 15) is 9.90 Å². The smallest absolute Gasteiger partial charge is 0.311 e. The number of hydrogen-bond donors (Lipinski definition) is 1. The van der Waals surface area contributed by atoms with E-state index in [-0.39, 0.29) is 5.92 Å². The van der Waals surface area contributed by atoms with E-state index in [0.29, 0.717) is 0 Å². The van der Waals surface area contributed by atoms with Gasteiger partial charge in [-0.15, -0.1) is 0 Å². The summed E-state index contributed by atoms with van der Waals surface area (Å²) < 4.78 is 0. The van der Waals surface area contributed by atoms with Crippen molar-refractivity contribution in [2.24, 2.45) is 5.92 Å². The second-order valence-corrected chi connectivity index (χ2v) is 4.52. The summed E-state index contributed by atoms with van der Waals surface area (Å²) in [4.78, 5) is 15.6. The molecule has 0 fully saturated rings. The number of aromatic nitrogens is 1. The Balaban J connectivity index is 2.51. The molecule has 0 spiro atoms. The van der Waals surface area contributed by atoms with Gasteiger partial charge in [-0.3, -0.25) is 9.78 Å². The Bertz CT molecular complexity index is 549. The first kappa shape index (κ1) is 11.6. The Morgan fingerprint density at radius 2 is 2.00 bits per heavy atom. The third kappa shape index (κ3) is 2.28. The van der Waals surface area contributed by atoms with Crippen molar-refractivity contribution in [2.45, 2.75) is 19.8 Å². The van der Waals surface area contributed by atoms with Crippen molar-refractivity contribution in [3.05, 3.63) is 42.1 Å². The van der Waals surface area contributed by atoms with Crippen molar-refractivity contribution in [3.63, 3.8) is 0 Å². The van der Waals surface area contributed by atoms with E-state index in [2.05, 4.69) is 4.98 Å². The molecule has 0 saturated carbocycles. The van der Waals surface area contributed by atoms with Gasteiger partial charge in [-0.1, -0.05) is 32.0 Å². The molecule has 0 aliphatic heterocycles. The number of fused-ring (bicyclic) bond motifs is 1. The SMILES string of the molecule is CC(C)C(C(=O)O)c1cnc2ccccc2c1. The molecule has 88 valence electrons. The molecule has 0 amide bonds. The Kier molecular flexibility index (Phi) is 3.09. The van der Waals surface area contributed by atoms with E-state index in [4.69, 9.17) is 0 Å². The highest BCUT2D eigenvalue weighted by Crippen LogP contribution is 2.26. The van der Waals surface area contributed by atoms with Gasteiger partial charge in [0.1, 0.15) is 0 Å². The van der Waals surface area contributed by atoms with Gasteiger partial charge in [-0.05, 0) is 23.6 Å². The fourth-order valence-electron chi connectivity index (χ4n) is 2.07. The molecular weight excluding hydrogens is 214 g/mol. The van der Waals surface area contributed by atoms with Crippen LogP contribution in [0.4, 0.5) is 0 Å². The van der Waals surface area contributed by atoms with Crippen LogP contribution < -0.4 is 0 Å². The summed E-state index contributed by atoms with van der Waals surface area (Å²) in [5.41, 5.74) is 1.66. The summed E-state index contributed by atoms with van der Waals surface area (Å²) in [5, 5.41) is 10.2. The molecule has 1 unspecified atom stereocenters. The second-order valence-electron chi connectivity index (χ2n) is 4.52. The molecule has 0 saturated heterocycles. The minimum Gasteiger partial charge on any atom is -0.481 e. The first-order valence-corrected chi connectivity index (χ1v) is 5.67. The highest BCUT2D eigenvalue weighted by atomic mass is 16.4. The second kappa shape index (κ2) is 4.53. The van der Waals surface area contributed by atoms with Gasteiger partial charge < -0.3 is 5.11 Å². The third-order valence-electron chi connectivity index (χ3n) is 2.90. The summed E-state index contributed by atoms with van der Waals surface area (Å²) in [5.74, 6) is -1.24. The Labute approximate surface area is 100 Å². The van der Waals surface area contributed by atoms with Gasteiger partial charge in [0.2, 0.25) is 0 Å². The van der Waals surface area contributed by atoms with E-state index in [1.807, 2.05) is 44.2 Å². The monoisotopic (exact) mass is 229 g/mol. The number of carboxylic acid groups (broad SMARTS) is 1. The predicted octanol–water partition coefficient (Wildman–Crippen LogP) is 3.06. The molecule has 0 bridgehead atoms. The molecule has 17 heavy (non-hydrogen) atoms. The lowest BCUT2D eigenvalue weighted by Gasteiger charge is -2.16. The van der Waals surface area contributed by atoms with Crippen LogP contribution in [-0.2, 0) is 4.79 Å². The average Bonchev–Trinajstić information content (AvgIpc) is 2.28. The summed E-state index contributed by atoms with van der Waals surface area (Å²) in [6, 6.07) is 9.64. The minimum atomic E-state index is -0.794. The van der Waals surface area contributed by atoms with Gasteiger partial charge in [-0.2, -0.15) is 0 Å². The average molecular weight is 229 g/mol. The maximum atomic E-state index is 11.2. The molecule has 0 radical (unpaired) electrons. The number of hydrogen-bond acceptors (Lipinski definition) is 2. The van der Waals surface area contributed by atoms with E-state index in [1.54, 1.807) is 6.20 Å². The van der Waals surface area contributed by atoms with E-state index < -0.39 is 11.9 Å². The number of pyridine rings is 1. The van der Waals surface area contributed by atoms with Gasteiger partial charge in [0, 0.05) is 11.6 Å². The lowest BCUT2D eigenvalue weighted by molar-refractivity contribution is -0.139. The number of aliphatic carboxylic acids is 1. The van der Waals surface area contributed by atoms with E-state index in [1.165, 1.54) is 0 Å². The fourth-order valence-corrected chi connectivity index (χ4v) is 2.07. The van der Waals surface area contributed by atoms with Crippen LogP contribution in [0.5, 0.6) is 0 Å². The quantitative estimate of drug-likeness (QED) is 0.880. The predicted molar refractivity (Wildman–Crippen MR) is 67.0 cm³/mol. The highest BCUT2D eigenvalue weighted by Gasteiger charge is 2.23. The molecule has 1 aromatic carbocycles. The zero-order chi connectivity index (χ0) is 12.4.